The first kappa shape index (κ1) is 17.1. The van der Waals surface area contributed by atoms with Gasteiger partial charge in [0.15, 0.2) is 0 Å². The number of aryl methyl sites for hydroxylation is 1. The Bertz CT molecular complexity index is 915. The first-order chi connectivity index (χ1) is 12.2. The first-order valence-corrected chi connectivity index (χ1v) is 8.72. The summed E-state index contributed by atoms with van der Waals surface area (Å²) < 4.78 is 7.04. The Kier molecular flexibility index (Phi) is 5.39. The van der Waals surface area contributed by atoms with Crippen LogP contribution in [0, 0.1) is 0 Å². The van der Waals surface area contributed by atoms with Crippen molar-refractivity contribution in [2.45, 2.75) is 26.3 Å². The second-order valence-corrected chi connectivity index (χ2v) is 6.11. The summed E-state index contributed by atoms with van der Waals surface area (Å²) >= 11 is 0. The van der Waals surface area contributed by atoms with E-state index < -0.39 is 0 Å². The number of anilines is 1. The highest BCUT2D eigenvalue weighted by Crippen LogP contribution is 2.21. The Morgan fingerprint density at radius 2 is 1.92 bits per heavy atom. The molecule has 0 unspecified atom stereocenters. The van der Waals surface area contributed by atoms with Crippen molar-refractivity contribution in [1.82, 2.24) is 4.57 Å². The number of hydrogen-bond acceptors (Lipinski definition) is 3. The molecular formula is C21H24N2O2. The second kappa shape index (κ2) is 7.88. The quantitative estimate of drug-likeness (QED) is 0.707. The van der Waals surface area contributed by atoms with E-state index in [0.717, 1.165) is 48.1 Å². The fourth-order valence-electron chi connectivity index (χ4n) is 3.06. The van der Waals surface area contributed by atoms with Crippen LogP contribution in [0.1, 0.15) is 18.9 Å². The predicted molar refractivity (Wildman–Crippen MR) is 104 cm³/mol. The summed E-state index contributed by atoms with van der Waals surface area (Å²) in [4.78, 5) is 12.6. The van der Waals surface area contributed by atoms with Crippen LogP contribution < -0.4 is 15.6 Å². The lowest BCUT2D eigenvalue weighted by Gasteiger charge is -2.12. The highest BCUT2D eigenvalue weighted by molar-refractivity contribution is 5.93. The van der Waals surface area contributed by atoms with E-state index >= 15 is 0 Å². The van der Waals surface area contributed by atoms with E-state index in [2.05, 4.69) is 18.3 Å². The molecule has 0 fully saturated rings. The molecule has 1 aromatic heterocycles. The Morgan fingerprint density at radius 1 is 1.08 bits per heavy atom. The van der Waals surface area contributed by atoms with E-state index in [1.54, 1.807) is 11.7 Å². The lowest BCUT2D eigenvalue weighted by Crippen LogP contribution is -2.19. The van der Waals surface area contributed by atoms with E-state index in [1.807, 2.05) is 48.7 Å². The number of nitrogens with zero attached hydrogens (tertiary/aromatic N) is 1. The number of ether oxygens (including phenoxy) is 1. The van der Waals surface area contributed by atoms with Crippen molar-refractivity contribution >= 4 is 16.5 Å². The molecule has 3 aromatic rings. The summed E-state index contributed by atoms with van der Waals surface area (Å²) in [6.45, 7) is 3.62. The predicted octanol–water partition coefficient (Wildman–Crippen LogP) is 4.07. The summed E-state index contributed by atoms with van der Waals surface area (Å²) in [6.07, 6.45) is 3.73. The number of aromatic nitrogens is 1. The fourth-order valence-corrected chi connectivity index (χ4v) is 3.06. The summed E-state index contributed by atoms with van der Waals surface area (Å²) in [7, 11) is 1.68. The van der Waals surface area contributed by atoms with Gasteiger partial charge < -0.3 is 14.6 Å². The monoisotopic (exact) mass is 336 g/mol. The van der Waals surface area contributed by atoms with E-state index in [-0.39, 0.29) is 5.56 Å². The van der Waals surface area contributed by atoms with Crippen LogP contribution in [0.4, 0.5) is 5.69 Å². The third-order valence-electron chi connectivity index (χ3n) is 4.35. The van der Waals surface area contributed by atoms with Crippen LogP contribution in [0.25, 0.3) is 10.8 Å². The standard InChI is InChI=1S/C21H24N2O2/c1-3-13-23-14-11-18-19(21(23)24)8-5-9-20(18)22-12-10-16-6-4-7-17(15-16)25-2/h4-9,11,14-15,22H,3,10,12-13H2,1-2H3. The van der Waals surface area contributed by atoms with Crippen molar-refractivity contribution < 1.29 is 4.74 Å². The Hall–Kier alpha value is -2.75. The molecule has 1 N–H and O–H groups in total. The topological polar surface area (TPSA) is 43.3 Å². The molecule has 25 heavy (non-hydrogen) atoms. The maximum atomic E-state index is 12.6. The van der Waals surface area contributed by atoms with Gasteiger partial charge in [-0.3, -0.25) is 4.79 Å². The van der Waals surface area contributed by atoms with Gasteiger partial charge in [0.25, 0.3) is 5.56 Å². The first-order valence-electron chi connectivity index (χ1n) is 8.72. The molecule has 0 radical (unpaired) electrons. The molecule has 0 spiro atoms. The molecule has 1 heterocycles. The number of rotatable bonds is 7. The van der Waals surface area contributed by atoms with Crippen molar-refractivity contribution in [2.24, 2.45) is 0 Å². The number of benzene rings is 2. The SMILES string of the molecule is CCCn1ccc2c(NCCc3cccc(OC)c3)cccc2c1=O. The van der Waals surface area contributed by atoms with Gasteiger partial charge >= 0.3 is 0 Å². The molecule has 0 atom stereocenters. The summed E-state index contributed by atoms with van der Waals surface area (Å²) in [6, 6.07) is 16.0. The number of pyridine rings is 1. The molecule has 0 bridgehead atoms. The number of nitrogens with one attached hydrogen (secondary N) is 1. The molecule has 0 aliphatic carbocycles. The summed E-state index contributed by atoms with van der Waals surface area (Å²) in [5.74, 6) is 0.874. The molecule has 0 saturated heterocycles. The summed E-state index contributed by atoms with van der Waals surface area (Å²) in [5.41, 5.74) is 2.30. The zero-order chi connectivity index (χ0) is 17.6. The number of hydrogen-bond donors (Lipinski definition) is 1. The maximum absolute atomic E-state index is 12.6. The number of fused-ring (bicyclic) bond motifs is 1. The van der Waals surface area contributed by atoms with Gasteiger partial charge in [0.2, 0.25) is 0 Å². The normalized spacial score (nSPS) is 10.8. The van der Waals surface area contributed by atoms with Gasteiger partial charge in [-0.25, -0.2) is 0 Å². The summed E-state index contributed by atoms with van der Waals surface area (Å²) in [5, 5.41) is 5.21. The van der Waals surface area contributed by atoms with Crippen LogP contribution in [0.3, 0.4) is 0 Å². The van der Waals surface area contributed by atoms with Crippen molar-refractivity contribution in [2.75, 3.05) is 19.0 Å². The second-order valence-electron chi connectivity index (χ2n) is 6.11. The fraction of sp³-hybridized carbons (Fsp3) is 0.286. The van der Waals surface area contributed by atoms with Crippen LogP contribution in [0.15, 0.2) is 59.5 Å². The highest BCUT2D eigenvalue weighted by atomic mass is 16.5. The third-order valence-corrected chi connectivity index (χ3v) is 4.35. The highest BCUT2D eigenvalue weighted by Gasteiger charge is 2.06. The zero-order valence-electron chi connectivity index (χ0n) is 14.8. The number of methoxy groups -OCH3 is 1. The molecule has 3 rings (SSSR count). The van der Waals surface area contributed by atoms with Crippen molar-refractivity contribution in [1.29, 1.82) is 0 Å². The van der Waals surface area contributed by atoms with Crippen LogP contribution >= 0.6 is 0 Å². The minimum Gasteiger partial charge on any atom is -0.497 e. The van der Waals surface area contributed by atoms with Gasteiger partial charge in [-0.15, -0.1) is 0 Å². The minimum absolute atomic E-state index is 0.0794. The molecule has 0 aliphatic rings. The average Bonchev–Trinajstić information content (AvgIpc) is 2.65. The maximum Gasteiger partial charge on any atom is 0.258 e. The lowest BCUT2D eigenvalue weighted by molar-refractivity contribution is 0.414. The largest absolute Gasteiger partial charge is 0.497 e. The van der Waals surface area contributed by atoms with Crippen LogP contribution in [0.5, 0.6) is 5.75 Å². The molecule has 4 nitrogen and oxygen atoms in total. The molecule has 0 amide bonds. The Labute approximate surface area is 148 Å². The molecular weight excluding hydrogens is 312 g/mol. The Morgan fingerprint density at radius 3 is 2.72 bits per heavy atom. The lowest BCUT2D eigenvalue weighted by atomic mass is 10.1. The van der Waals surface area contributed by atoms with E-state index in [9.17, 15) is 4.79 Å². The molecule has 0 saturated carbocycles. The molecule has 0 aliphatic heterocycles. The van der Waals surface area contributed by atoms with Crippen LogP contribution in [0.2, 0.25) is 0 Å². The van der Waals surface area contributed by atoms with Gasteiger partial charge in [-0.05, 0) is 48.7 Å². The van der Waals surface area contributed by atoms with Gasteiger partial charge in [0.05, 0.1) is 7.11 Å². The van der Waals surface area contributed by atoms with E-state index in [1.165, 1.54) is 5.56 Å². The van der Waals surface area contributed by atoms with E-state index in [4.69, 9.17) is 4.74 Å². The Balaban J connectivity index is 1.77. The van der Waals surface area contributed by atoms with Crippen LogP contribution in [-0.4, -0.2) is 18.2 Å². The minimum atomic E-state index is 0.0794. The zero-order valence-corrected chi connectivity index (χ0v) is 14.8. The average molecular weight is 336 g/mol. The smallest absolute Gasteiger partial charge is 0.258 e. The third kappa shape index (κ3) is 3.85. The molecule has 2 aromatic carbocycles. The molecule has 130 valence electrons. The van der Waals surface area contributed by atoms with Crippen molar-refractivity contribution in [3.05, 3.63) is 70.6 Å². The molecule has 4 heteroatoms. The van der Waals surface area contributed by atoms with Gasteiger partial charge in [0.1, 0.15) is 5.75 Å². The van der Waals surface area contributed by atoms with Gasteiger partial charge in [0, 0.05) is 35.7 Å². The van der Waals surface area contributed by atoms with E-state index in [0.29, 0.717) is 0 Å². The van der Waals surface area contributed by atoms with Crippen molar-refractivity contribution in [3.8, 4) is 5.75 Å². The van der Waals surface area contributed by atoms with Gasteiger partial charge in [-0.2, -0.15) is 0 Å². The van der Waals surface area contributed by atoms with Crippen molar-refractivity contribution in [3.63, 3.8) is 0 Å². The van der Waals surface area contributed by atoms with Crippen LogP contribution in [-0.2, 0) is 13.0 Å². The van der Waals surface area contributed by atoms with Gasteiger partial charge in [-0.1, -0.05) is 25.1 Å².